The van der Waals surface area contributed by atoms with Crippen LogP contribution in [0.25, 0.3) is 0 Å². The Morgan fingerprint density at radius 3 is 3.14 bits per heavy atom. The zero-order valence-electron chi connectivity index (χ0n) is 13.0. The Balaban J connectivity index is 1.45. The number of hydrogen-bond acceptors (Lipinski definition) is 4. The van der Waals surface area contributed by atoms with Crippen LogP contribution in [0.5, 0.6) is 5.75 Å². The van der Waals surface area contributed by atoms with Crippen molar-refractivity contribution >= 4 is 5.96 Å². The van der Waals surface area contributed by atoms with E-state index in [0.717, 1.165) is 31.1 Å². The molecule has 2 aliphatic heterocycles. The summed E-state index contributed by atoms with van der Waals surface area (Å²) in [6.07, 6.45) is 7.68. The second-order valence-corrected chi connectivity index (χ2v) is 5.66. The first-order valence-electron chi connectivity index (χ1n) is 8.08. The molecule has 0 spiro atoms. The molecule has 3 unspecified atom stereocenters. The molecule has 0 amide bonds. The third-order valence-corrected chi connectivity index (χ3v) is 4.04. The lowest BCUT2D eigenvalue weighted by atomic mass is 9.96. The minimum Gasteiger partial charge on any atom is -0.490 e. The first-order chi connectivity index (χ1) is 10.8. The molecular weight excluding hydrogens is 280 g/mol. The maximum atomic E-state index is 5.87. The van der Waals surface area contributed by atoms with Crippen molar-refractivity contribution < 1.29 is 9.47 Å². The Labute approximate surface area is 131 Å². The van der Waals surface area contributed by atoms with E-state index < -0.39 is 0 Å². The van der Waals surface area contributed by atoms with Crippen molar-refractivity contribution in [2.24, 2.45) is 4.99 Å². The molecule has 6 heteroatoms. The van der Waals surface area contributed by atoms with Gasteiger partial charge in [0.05, 0.1) is 31.0 Å². The summed E-state index contributed by atoms with van der Waals surface area (Å²) in [6, 6.07) is 4.14. The second kappa shape index (κ2) is 7.45. The third kappa shape index (κ3) is 3.88. The Morgan fingerprint density at radius 1 is 1.50 bits per heavy atom. The summed E-state index contributed by atoms with van der Waals surface area (Å²) >= 11 is 0. The zero-order chi connectivity index (χ0) is 15.2. The molecule has 120 valence electrons. The Hall–Kier alpha value is -1.82. The molecule has 0 aromatic carbocycles. The number of pyridine rings is 1. The molecule has 2 aliphatic rings. The number of nitrogens with zero attached hydrogens (tertiary/aromatic N) is 2. The molecule has 2 saturated heterocycles. The van der Waals surface area contributed by atoms with Crippen LogP contribution in [0.1, 0.15) is 26.2 Å². The van der Waals surface area contributed by atoms with Gasteiger partial charge in [-0.25, -0.2) is 4.99 Å². The molecule has 3 atom stereocenters. The second-order valence-electron chi connectivity index (χ2n) is 5.66. The van der Waals surface area contributed by atoms with Crippen LogP contribution in [0.2, 0.25) is 0 Å². The SMILES string of the molecule is CCNC(=NCCOc1cccnc1)NC1CC2CCC1O2. The highest BCUT2D eigenvalue weighted by atomic mass is 16.5. The summed E-state index contributed by atoms with van der Waals surface area (Å²) in [6.45, 7) is 4.05. The maximum Gasteiger partial charge on any atom is 0.191 e. The molecule has 0 radical (unpaired) electrons. The highest BCUT2D eigenvalue weighted by Gasteiger charge is 2.41. The van der Waals surface area contributed by atoms with Crippen LogP contribution in [0.3, 0.4) is 0 Å². The molecule has 3 rings (SSSR count). The summed E-state index contributed by atoms with van der Waals surface area (Å²) in [4.78, 5) is 8.59. The Morgan fingerprint density at radius 2 is 2.45 bits per heavy atom. The van der Waals surface area contributed by atoms with Crippen molar-refractivity contribution in [3.63, 3.8) is 0 Å². The number of nitrogens with one attached hydrogen (secondary N) is 2. The van der Waals surface area contributed by atoms with Crippen LogP contribution in [-0.4, -0.2) is 48.9 Å². The average Bonchev–Trinajstić information content (AvgIpc) is 3.15. The fourth-order valence-electron chi connectivity index (χ4n) is 3.04. The number of ether oxygens (including phenoxy) is 2. The van der Waals surface area contributed by atoms with Crippen LogP contribution >= 0.6 is 0 Å². The molecule has 22 heavy (non-hydrogen) atoms. The number of guanidine groups is 1. The van der Waals surface area contributed by atoms with Gasteiger partial charge in [-0.05, 0) is 38.3 Å². The standard InChI is InChI=1S/C16H24N4O2/c1-2-18-16(20-14-10-12-5-6-15(14)22-12)19-8-9-21-13-4-3-7-17-11-13/h3-4,7,11-12,14-15H,2,5-6,8-10H2,1H3,(H2,18,19,20). The van der Waals surface area contributed by atoms with Crippen molar-refractivity contribution in [1.29, 1.82) is 0 Å². The van der Waals surface area contributed by atoms with E-state index in [9.17, 15) is 0 Å². The molecule has 2 bridgehead atoms. The summed E-state index contributed by atoms with van der Waals surface area (Å²) in [5, 5.41) is 6.78. The zero-order valence-corrected chi connectivity index (χ0v) is 13.0. The fourth-order valence-corrected chi connectivity index (χ4v) is 3.04. The fraction of sp³-hybridized carbons (Fsp3) is 0.625. The molecule has 0 saturated carbocycles. The van der Waals surface area contributed by atoms with Crippen LogP contribution in [0, 0.1) is 0 Å². The van der Waals surface area contributed by atoms with Gasteiger partial charge in [-0.2, -0.15) is 0 Å². The number of rotatable bonds is 6. The number of fused-ring (bicyclic) bond motifs is 2. The number of aliphatic imine (C=N–C) groups is 1. The molecular formula is C16H24N4O2. The van der Waals surface area contributed by atoms with Gasteiger partial charge in [-0.15, -0.1) is 0 Å². The first kappa shape index (κ1) is 15.1. The number of aromatic nitrogens is 1. The summed E-state index contributed by atoms with van der Waals surface area (Å²) in [5.74, 6) is 1.62. The largest absolute Gasteiger partial charge is 0.490 e. The van der Waals surface area contributed by atoms with Crippen LogP contribution in [0.15, 0.2) is 29.5 Å². The van der Waals surface area contributed by atoms with Gasteiger partial charge in [-0.1, -0.05) is 0 Å². The first-order valence-corrected chi connectivity index (χ1v) is 8.08. The van der Waals surface area contributed by atoms with Crippen LogP contribution < -0.4 is 15.4 Å². The minimum absolute atomic E-state index is 0.348. The molecule has 0 aliphatic carbocycles. The summed E-state index contributed by atoms with van der Waals surface area (Å²) in [7, 11) is 0. The molecule has 1 aromatic heterocycles. The topological polar surface area (TPSA) is 67.8 Å². The lowest BCUT2D eigenvalue weighted by molar-refractivity contribution is 0.0992. The van der Waals surface area contributed by atoms with Crippen molar-refractivity contribution in [2.75, 3.05) is 19.7 Å². The van der Waals surface area contributed by atoms with Crippen molar-refractivity contribution in [3.05, 3.63) is 24.5 Å². The normalized spacial score (nSPS) is 27.0. The Bertz CT molecular complexity index is 494. The van der Waals surface area contributed by atoms with E-state index in [1.54, 1.807) is 12.4 Å². The highest BCUT2D eigenvalue weighted by molar-refractivity contribution is 5.80. The van der Waals surface area contributed by atoms with E-state index in [2.05, 4.69) is 27.5 Å². The van der Waals surface area contributed by atoms with Gasteiger partial charge in [0.2, 0.25) is 0 Å². The Kier molecular flexibility index (Phi) is 5.11. The maximum absolute atomic E-state index is 5.87. The lowest BCUT2D eigenvalue weighted by Crippen LogP contribution is -2.47. The van der Waals surface area contributed by atoms with Crippen molar-refractivity contribution in [2.45, 2.75) is 44.4 Å². The van der Waals surface area contributed by atoms with Gasteiger partial charge >= 0.3 is 0 Å². The van der Waals surface area contributed by atoms with Crippen molar-refractivity contribution in [1.82, 2.24) is 15.6 Å². The van der Waals surface area contributed by atoms with Gasteiger partial charge in [0.1, 0.15) is 12.4 Å². The summed E-state index contributed by atoms with van der Waals surface area (Å²) < 4.78 is 11.5. The lowest BCUT2D eigenvalue weighted by Gasteiger charge is -2.22. The quantitative estimate of drug-likeness (QED) is 0.471. The van der Waals surface area contributed by atoms with Gasteiger partial charge in [0, 0.05) is 12.7 Å². The third-order valence-electron chi connectivity index (χ3n) is 4.04. The molecule has 1 aromatic rings. The molecule has 2 fully saturated rings. The predicted molar refractivity (Wildman–Crippen MR) is 85.1 cm³/mol. The highest BCUT2D eigenvalue weighted by Crippen LogP contribution is 2.34. The van der Waals surface area contributed by atoms with Gasteiger partial charge < -0.3 is 20.1 Å². The van der Waals surface area contributed by atoms with Gasteiger partial charge in [-0.3, -0.25) is 4.98 Å². The van der Waals surface area contributed by atoms with Gasteiger partial charge in [0.25, 0.3) is 0 Å². The summed E-state index contributed by atoms with van der Waals surface area (Å²) in [5.41, 5.74) is 0. The smallest absolute Gasteiger partial charge is 0.191 e. The molecule has 3 heterocycles. The molecule has 2 N–H and O–H groups in total. The van der Waals surface area contributed by atoms with E-state index in [4.69, 9.17) is 9.47 Å². The van der Waals surface area contributed by atoms with E-state index in [-0.39, 0.29) is 0 Å². The predicted octanol–water partition coefficient (Wildman–Crippen LogP) is 1.34. The van der Waals surface area contributed by atoms with E-state index in [1.165, 1.54) is 6.42 Å². The average molecular weight is 304 g/mol. The van der Waals surface area contributed by atoms with E-state index in [1.807, 2.05) is 12.1 Å². The molecule has 6 nitrogen and oxygen atoms in total. The van der Waals surface area contributed by atoms with Crippen LogP contribution in [0.4, 0.5) is 0 Å². The minimum atomic E-state index is 0.348. The van der Waals surface area contributed by atoms with E-state index in [0.29, 0.717) is 31.4 Å². The number of hydrogen-bond donors (Lipinski definition) is 2. The van der Waals surface area contributed by atoms with Crippen LogP contribution in [-0.2, 0) is 4.74 Å². The van der Waals surface area contributed by atoms with Crippen molar-refractivity contribution in [3.8, 4) is 5.75 Å². The monoisotopic (exact) mass is 304 g/mol. The van der Waals surface area contributed by atoms with Gasteiger partial charge in [0.15, 0.2) is 5.96 Å². The van der Waals surface area contributed by atoms with E-state index >= 15 is 0 Å².